The third kappa shape index (κ3) is 5.49. The number of carbonyl (C=O) groups excluding carboxylic acids is 1. The maximum atomic E-state index is 12.4. The van der Waals surface area contributed by atoms with E-state index in [9.17, 15) is 18.0 Å². The zero-order chi connectivity index (χ0) is 20.1. The zero-order valence-corrected chi connectivity index (χ0v) is 16.4. The molecule has 0 aromatic rings. The summed E-state index contributed by atoms with van der Waals surface area (Å²) in [5, 5.41) is 6.47. The zero-order valence-electron chi connectivity index (χ0n) is 16.4. The van der Waals surface area contributed by atoms with Crippen LogP contribution in [0.2, 0.25) is 0 Å². The average molecular weight is 392 g/mol. The summed E-state index contributed by atoms with van der Waals surface area (Å²) in [5.41, 5.74) is 0.100. The molecule has 156 valence electrons. The number of hydrogen-bond donors (Lipinski definition) is 2. The molecule has 0 aromatic heterocycles. The number of amides is 1. The van der Waals surface area contributed by atoms with E-state index in [0.717, 1.165) is 26.3 Å². The number of rotatable bonds is 7. The van der Waals surface area contributed by atoms with Crippen LogP contribution < -0.4 is 10.6 Å². The molecule has 0 radical (unpaired) electrons. The van der Waals surface area contributed by atoms with Crippen molar-refractivity contribution in [2.24, 2.45) is 10.4 Å². The number of likely N-dealkylation sites (N-methyl/N-ethyl adjacent to an activating group) is 1. The molecule has 1 amide bonds. The molecule has 0 heterocycles. The van der Waals surface area contributed by atoms with E-state index in [4.69, 9.17) is 4.74 Å². The third-order valence-corrected chi connectivity index (χ3v) is 5.56. The highest BCUT2D eigenvalue weighted by atomic mass is 19.4. The molecule has 2 saturated carbocycles. The van der Waals surface area contributed by atoms with Gasteiger partial charge < -0.3 is 20.3 Å². The lowest BCUT2D eigenvalue weighted by Crippen LogP contribution is -2.65. The predicted molar refractivity (Wildman–Crippen MR) is 97.5 cm³/mol. The number of aliphatic imine (C=N–C) groups is 1. The standard InChI is InChI=1S/C18H31F3N4O2/c1-4-22-16(23-11-15(26)25(3)12-18(19,20)21)24-13-10-14(27-5-2)17(13)8-6-7-9-17/h13-14H,4-12H2,1-3H3,(H2,22,23,24). The summed E-state index contributed by atoms with van der Waals surface area (Å²) in [6.45, 7) is 3.60. The number of alkyl halides is 3. The molecule has 2 rings (SSSR count). The third-order valence-electron chi connectivity index (χ3n) is 5.56. The van der Waals surface area contributed by atoms with E-state index in [2.05, 4.69) is 15.6 Å². The first-order chi connectivity index (χ1) is 12.7. The maximum absolute atomic E-state index is 12.4. The van der Waals surface area contributed by atoms with Gasteiger partial charge in [0.25, 0.3) is 0 Å². The van der Waals surface area contributed by atoms with Gasteiger partial charge in [0.2, 0.25) is 5.91 Å². The van der Waals surface area contributed by atoms with Crippen LogP contribution in [0, 0.1) is 5.41 Å². The monoisotopic (exact) mass is 392 g/mol. The van der Waals surface area contributed by atoms with Crippen LogP contribution in [0.3, 0.4) is 0 Å². The van der Waals surface area contributed by atoms with Crippen LogP contribution in [0.1, 0.15) is 46.0 Å². The number of ether oxygens (including phenoxy) is 1. The Bertz CT molecular complexity index is 533. The van der Waals surface area contributed by atoms with Crippen LogP contribution >= 0.6 is 0 Å². The van der Waals surface area contributed by atoms with Gasteiger partial charge in [-0.05, 0) is 33.1 Å². The molecule has 0 saturated heterocycles. The average Bonchev–Trinajstić information content (AvgIpc) is 3.09. The van der Waals surface area contributed by atoms with Gasteiger partial charge in [0.1, 0.15) is 13.1 Å². The lowest BCUT2D eigenvalue weighted by atomic mass is 9.60. The van der Waals surface area contributed by atoms with E-state index in [1.165, 1.54) is 12.8 Å². The van der Waals surface area contributed by atoms with Gasteiger partial charge in [0, 0.05) is 31.7 Å². The largest absolute Gasteiger partial charge is 0.406 e. The number of hydrogen-bond acceptors (Lipinski definition) is 3. The highest BCUT2D eigenvalue weighted by molar-refractivity contribution is 5.85. The van der Waals surface area contributed by atoms with Crippen LogP contribution in [0.25, 0.3) is 0 Å². The van der Waals surface area contributed by atoms with Crippen molar-refractivity contribution in [1.82, 2.24) is 15.5 Å². The summed E-state index contributed by atoms with van der Waals surface area (Å²) < 4.78 is 43.1. The summed E-state index contributed by atoms with van der Waals surface area (Å²) in [6.07, 6.45) is 1.26. The molecule has 9 heteroatoms. The van der Waals surface area contributed by atoms with Gasteiger partial charge in [-0.1, -0.05) is 12.8 Å². The van der Waals surface area contributed by atoms with Crippen molar-refractivity contribution >= 4 is 11.9 Å². The van der Waals surface area contributed by atoms with E-state index in [-0.39, 0.29) is 24.1 Å². The van der Waals surface area contributed by atoms with Gasteiger partial charge in [0.15, 0.2) is 5.96 Å². The Labute approximate surface area is 158 Å². The van der Waals surface area contributed by atoms with Gasteiger partial charge in [-0.15, -0.1) is 0 Å². The van der Waals surface area contributed by atoms with E-state index in [1.54, 1.807) is 0 Å². The molecule has 2 aliphatic carbocycles. The van der Waals surface area contributed by atoms with Crippen molar-refractivity contribution in [1.29, 1.82) is 0 Å². The fourth-order valence-electron chi connectivity index (χ4n) is 4.20. The van der Waals surface area contributed by atoms with Crippen molar-refractivity contribution in [3.63, 3.8) is 0 Å². The second kappa shape index (κ2) is 9.12. The van der Waals surface area contributed by atoms with Crippen molar-refractivity contribution in [2.45, 2.75) is 64.3 Å². The molecular weight excluding hydrogens is 361 g/mol. The second-order valence-corrected chi connectivity index (χ2v) is 7.38. The molecule has 1 spiro atoms. The number of nitrogens with one attached hydrogen (secondary N) is 2. The fourth-order valence-corrected chi connectivity index (χ4v) is 4.20. The van der Waals surface area contributed by atoms with Crippen molar-refractivity contribution < 1.29 is 22.7 Å². The Hall–Kier alpha value is -1.51. The quantitative estimate of drug-likeness (QED) is 0.515. The lowest BCUT2D eigenvalue weighted by Gasteiger charge is -2.54. The van der Waals surface area contributed by atoms with Gasteiger partial charge in [-0.3, -0.25) is 4.79 Å². The first-order valence-corrected chi connectivity index (χ1v) is 9.69. The minimum atomic E-state index is -4.41. The highest BCUT2D eigenvalue weighted by Gasteiger charge is 2.56. The number of carbonyl (C=O) groups is 1. The molecule has 2 unspecified atom stereocenters. The smallest absolute Gasteiger partial charge is 0.378 e. The van der Waals surface area contributed by atoms with Gasteiger partial charge in [0.05, 0.1) is 6.10 Å². The molecule has 0 aromatic carbocycles. The van der Waals surface area contributed by atoms with Gasteiger partial charge in [-0.2, -0.15) is 13.2 Å². The van der Waals surface area contributed by atoms with Crippen LogP contribution in [-0.4, -0.2) is 68.4 Å². The molecule has 0 bridgehead atoms. The van der Waals surface area contributed by atoms with Crippen LogP contribution in [0.4, 0.5) is 13.2 Å². The Morgan fingerprint density at radius 3 is 2.52 bits per heavy atom. The Morgan fingerprint density at radius 1 is 1.30 bits per heavy atom. The Balaban J connectivity index is 1.96. The van der Waals surface area contributed by atoms with E-state index in [1.807, 2.05) is 13.8 Å². The number of halogens is 3. The van der Waals surface area contributed by atoms with Crippen LogP contribution in [0.5, 0.6) is 0 Å². The Kier molecular flexibility index (Phi) is 7.36. The molecule has 0 aliphatic heterocycles. The fraction of sp³-hybridized carbons (Fsp3) is 0.889. The van der Waals surface area contributed by atoms with Gasteiger partial charge >= 0.3 is 6.18 Å². The normalized spacial score (nSPS) is 24.6. The first kappa shape index (κ1) is 21.8. The molecule has 2 fully saturated rings. The van der Waals surface area contributed by atoms with Crippen LogP contribution in [-0.2, 0) is 9.53 Å². The van der Waals surface area contributed by atoms with Crippen LogP contribution in [0.15, 0.2) is 4.99 Å². The minimum Gasteiger partial charge on any atom is -0.378 e. The van der Waals surface area contributed by atoms with Crippen molar-refractivity contribution in [3.8, 4) is 0 Å². The number of guanidine groups is 1. The van der Waals surface area contributed by atoms with E-state index in [0.29, 0.717) is 24.0 Å². The predicted octanol–water partition coefficient (Wildman–Crippen LogP) is 2.30. The summed E-state index contributed by atoms with van der Waals surface area (Å²) in [4.78, 5) is 16.8. The minimum absolute atomic E-state index is 0.100. The second-order valence-electron chi connectivity index (χ2n) is 7.38. The molecule has 2 atom stereocenters. The summed E-state index contributed by atoms with van der Waals surface area (Å²) >= 11 is 0. The first-order valence-electron chi connectivity index (χ1n) is 9.69. The van der Waals surface area contributed by atoms with Crippen molar-refractivity contribution in [2.75, 3.05) is 33.3 Å². The lowest BCUT2D eigenvalue weighted by molar-refractivity contribution is -0.157. The SMILES string of the molecule is CCNC(=NCC(=O)N(C)CC(F)(F)F)NC1CC(OCC)C12CCCC2. The number of nitrogens with zero attached hydrogens (tertiary/aromatic N) is 2. The topological polar surface area (TPSA) is 66.0 Å². The summed E-state index contributed by atoms with van der Waals surface area (Å²) in [7, 11) is 1.14. The van der Waals surface area contributed by atoms with Gasteiger partial charge in [-0.25, -0.2) is 4.99 Å². The molecule has 2 aliphatic rings. The highest BCUT2D eigenvalue weighted by Crippen LogP contribution is 2.54. The summed E-state index contributed by atoms with van der Waals surface area (Å²) in [6, 6.07) is 0.206. The van der Waals surface area contributed by atoms with E-state index >= 15 is 0 Å². The summed E-state index contributed by atoms with van der Waals surface area (Å²) in [5.74, 6) is -0.196. The van der Waals surface area contributed by atoms with Crippen molar-refractivity contribution in [3.05, 3.63) is 0 Å². The Morgan fingerprint density at radius 2 is 1.96 bits per heavy atom. The molecule has 27 heavy (non-hydrogen) atoms. The van der Waals surface area contributed by atoms with E-state index < -0.39 is 18.6 Å². The molecular formula is C18H31F3N4O2. The molecule has 2 N–H and O–H groups in total. The molecule has 6 nitrogen and oxygen atoms in total. The maximum Gasteiger partial charge on any atom is 0.406 e.